The Bertz CT molecular complexity index is 842. The molecule has 1 aliphatic heterocycles. The van der Waals surface area contributed by atoms with E-state index in [1.165, 1.54) is 0 Å². The molecule has 0 aliphatic carbocycles. The van der Waals surface area contributed by atoms with Crippen molar-refractivity contribution in [2.24, 2.45) is 0 Å². The van der Waals surface area contributed by atoms with Crippen molar-refractivity contribution in [2.75, 3.05) is 0 Å². The van der Waals surface area contributed by atoms with Crippen LogP contribution >= 0.6 is 0 Å². The average Bonchev–Trinajstić information content (AvgIpc) is 3.03. The molecule has 100 valence electrons. The third-order valence-corrected chi connectivity index (χ3v) is 3.80. The summed E-state index contributed by atoms with van der Waals surface area (Å²) in [4.78, 5) is 23.3. The molecule has 0 spiro atoms. The van der Waals surface area contributed by atoms with Gasteiger partial charge in [0.25, 0.3) is 0 Å². The predicted octanol–water partition coefficient (Wildman–Crippen LogP) is 2.70. The van der Waals surface area contributed by atoms with E-state index in [4.69, 9.17) is 8.83 Å². The molecule has 1 fully saturated rings. The van der Waals surface area contributed by atoms with Gasteiger partial charge in [-0.25, -0.2) is 0 Å². The summed E-state index contributed by atoms with van der Waals surface area (Å²) < 4.78 is 11.0. The SMILES string of the molecule is O=C1CC[C@H](c2coc3ccc4ccoc4c23)C(=O)N1. The molecule has 0 bridgehead atoms. The van der Waals surface area contributed by atoms with Gasteiger partial charge < -0.3 is 8.83 Å². The van der Waals surface area contributed by atoms with Crippen molar-refractivity contribution >= 4 is 33.8 Å². The fourth-order valence-corrected chi connectivity index (χ4v) is 2.82. The summed E-state index contributed by atoms with van der Waals surface area (Å²) in [7, 11) is 0. The quantitative estimate of drug-likeness (QED) is 0.689. The minimum Gasteiger partial charge on any atom is -0.464 e. The summed E-state index contributed by atoms with van der Waals surface area (Å²) >= 11 is 0. The highest BCUT2D eigenvalue weighted by Gasteiger charge is 2.31. The highest BCUT2D eigenvalue weighted by Crippen LogP contribution is 2.36. The molecule has 1 aromatic carbocycles. The van der Waals surface area contributed by atoms with Crippen LogP contribution in [0.4, 0.5) is 0 Å². The Balaban J connectivity index is 1.93. The number of furan rings is 2. The molecule has 1 saturated heterocycles. The molecule has 1 aliphatic rings. The molecule has 2 aromatic heterocycles. The zero-order valence-electron chi connectivity index (χ0n) is 10.5. The van der Waals surface area contributed by atoms with Crippen LogP contribution in [0.25, 0.3) is 21.9 Å². The molecule has 2 amide bonds. The Kier molecular flexibility index (Phi) is 2.24. The topological polar surface area (TPSA) is 72.5 Å². The van der Waals surface area contributed by atoms with Gasteiger partial charge in [0.05, 0.1) is 23.8 Å². The Hall–Kier alpha value is -2.56. The molecule has 1 N–H and O–H groups in total. The lowest BCUT2D eigenvalue weighted by Crippen LogP contribution is -2.39. The number of rotatable bonds is 1. The van der Waals surface area contributed by atoms with Crippen LogP contribution in [0.3, 0.4) is 0 Å². The van der Waals surface area contributed by atoms with Gasteiger partial charge in [-0.15, -0.1) is 0 Å². The van der Waals surface area contributed by atoms with Gasteiger partial charge in [0.1, 0.15) is 11.2 Å². The average molecular weight is 269 g/mol. The number of imide groups is 1. The van der Waals surface area contributed by atoms with E-state index < -0.39 is 0 Å². The van der Waals surface area contributed by atoms with Gasteiger partial charge in [-0.2, -0.15) is 0 Å². The summed E-state index contributed by atoms with van der Waals surface area (Å²) in [5.74, 6) is -0.862. The third-order valence-electron chi connectivity index (χ3n) is 3.80. The fourth-order valence-electron chi connectivity index (χ4n) is 2.82. The van der Waals surface area contributed by atoms with Gasteiger partial charge in [-0.1, -0.05) is 0 Å². The third kappa shape index (κ3) is 1.49. The minimum atomic E-state index is -0.371. The molecule has 1 atom stereocenters. The maximum Gasteiger partial charge on any atom is 0.234 e. The summed E-state index contributed by atoms with van der Waals surface area (Å²) in [6, 6.07) is 5.65. The van der Waals surface area contributed by atoms with E-state index in [2.05, 4.69) is 5.32 Å². The van der Waals surface area contributed by atoms with Crippen LogP contribution in [0.1, 0.15) is 24.3 Å². The molecular weight excluding hydrogens is 258 g/mol. The molecule has 3 heterocycles. The first-order valence-corrected chi connectivity index (χ1v) is 6.45. The van der Waals surface area contributed by atoms with Crippen molar-refractivity contribution in [3.05, 3.63) is 36.3 Å². The first-order chi connectivity index (χ1) is 9.74. The number of nitrogens with one attached hydrogen (secondary N) is 1. The second-order valence-corrected chi connectivity index (χ2v) is 4.97. The Morgan fingerprint density at radius 1 is 1.15 bits per heavy atom. The minimum absolute atomic E-state index is 0.220. The van der Waals surface area contributed by atoms with E-state index >= 15 is 0 Å². The Labute approximate surface area is 113 Å². The smallest absolute Gasteiger partial charge is 0.234 e. The number of carbonyl (C=O) groups is 2. The van der Waals surface area contributed by atoms with Crippen LogP contribution in [-0.2, 0) is 9.59 Å². The van der Waals surface area contributed by atoms with Crippen LogP contribution in [0.5, 0.6) is 0 Å². The molecule has 20 heavy (non-hydrogen) atoms. The maximum absolute atomic E-state index is 12.0. The maximum atomic E-state index is 12.0. The number of hydrogen-bond acceptors (Lipinski definition) is 4. The van der Waals surface area contributed by atoms with Crippen molar-refractivity contribution in [3.63, 3.8) is 0 Å². The van der Waals surface area contributed by atoms with Gasteiger partial charge in [0.15, 0.2) is 0 Å². The van der Waals surface area contributed by atoms with Crippen LogP contribution < -0.4 is 5.32 Å². The molecule has 0 radical (unpaired) electrons. The van der Waals surface area contributed by atoms with Crippen molar-refractivity contribution in [3.8, 4) is 0 Å². The van der Waals surface area contributed by atoms with E-state index in [1.54, 1.807) is 12.5 Å². The molecule has 5 heteroatoms. The Morgan fingerprint density at radius 2 is 2.05 bits per heavy atom. The first-order valence-electron chi connectivity index (χ1n) is 6.45. The summed E-state index contributed by atoms with van der Waals surface area (Å²) in [5, 5.41) is 4.16. The zero-order valence-corrected chi connectivity index (χ0v) is 10.5. The second-order valence-electron chi connectivity index (χ2n) is 4.97. The first kappa shape index (κ1) is 11.3. The lowest BCUT2D eigenvalue weighted by atomic mass is 9.90. The highest BCUT2D eigenvalue weighted by atomic mass is 16.3. The normalized spacial score (nSPS) is 19.7. The van der Waals surface area contributed by atoms with Crippen molar-refractivity contribution in [2.45, 2.75) is 18.8 Å². The number of fused-ring (bicyclic) bond motifs is 3. The van der Waals surface area contributed by atoms with Crippen LogP contribution in [0.15, 0.2) is 39.6 Å². The fraction of sp³-hybridized carbons (Fsp3) is 0.200. The van der Waals surface area contributed by atoms with Crippen LogP contribution in [0.2, 0.25) is 0 Å². The van der Waals surface area contributed by atoms with Gasteiger partial charge in [0.2, 0.25) is 11.8 Å². The van der Waals surface area contributed by atoms with Gasteiger partial charge >= 0.3 is 0 Å². The molecule has 5 nitrogen and oxygen atoms in total. The molecular formula is C15H11NO4. The molecule has 4 rings (SSSR count). The zero-order chi connectivity index (χ0) is 13.7. The van der Waals surface area contributed by atoms with Crippen LogP contribution in [-0.4, -0.2) is 11.8 Å². The predicted molar refractivity (Wildman–Crippen MR) is 71.1 cm³/mol. The summed E-state index contributed by atoms with van der Waals surface area (Å²) in [5.41, 5.74) is 2.19. The highest BCUT2D eigenvalue weighted by molar-refractivity contribution is 6.08. The van der Waals surface area contributed by atoms with Crippen LogP contribution in [0, 0.1) is 0 Å². The number of carbonyl (C=O) groups excluding carboxylic acids is 2. The molecule has 0 saturated carbocycles. The largest absolute Gasteiger partial charge is 0.464 e. The van der Waals surface area contributed by atoms with Gasteiger partial charge in [-0.05, 0) is 24.6 Å². The number of piperidine rings is 1. The number of amides is 2. The van der Waals surface area contributed by atoms with Gasteiger partial charge in [0, 0.05) is 17.4 Å². The van der Waals surface area contributed by atoms with E-state index in [1.807, 2.05) is 18.2 Å². The second kappa shape index (κ2) is 3.96. The van der Waals surface area contributed by atoms with E-state index in [-0.39, 0.29) is 17.7 Å². The lowest BCUT2D eigenvalue weighted by Gasteiger charge is -2.19. The lowest BCUT2D eigenvalue weighted by molar-refractivity contribution is -0.134. The number of hydrogen-bond donors (Lipinski definition) is 1. The molecule has 3 aromatic rings. The van der Waals surface area contributed by atoms with Gasteiger partial charge in [-0.3, -0.25) is 14.9 Å². The monoisotopic (exact) mass is 269 g/mol. The van der Waals surface area contributed by atoms with E-state index in [9.17, 15) is 9.59 Å². The molecule has 0 unspecified atom stereocenters. The standard InChI is InChI=1S/C15H11NO4/c17-12-4-2-9(15(18)16-12)10-7-20-11-3-1-8-5-6-19-14(8)13(10)11/h1,3,5-7,9H,2,4H2,(H,16,17,18)/t9-/m1/s1. The number of benzene rings is 1. The van der Waals surface area contributed by atoms with E-state index in [0.717, 1.165) is 21.9 Å². The summed E-state index contributed by atoms with van der Waals surface area (Å²) in [6.45, 7) is 0. The van der Waals surface area contributed by atoms with Crippen molar-refractivity contribution in [1.82, 2.24) is 5.32 Å². The van der Waals surface area contributed by atoms with Crippen molar-refractivity contribution < 1.29 is 18.4 Å². The summed E-state index contributed by atoms with van der Waals surface area (Å²) in [6.07, 6.45) is 4.05. The Morgan fingerprint density at radius 3 is 2.90 bits per heavy atom. The van der Waals surface area contributed by atoms with Crippen molar-refractivity contribution in [1.29, 1.82) is 0 Å². The van der Waals surface area contributed by atoms with E-state index in [0.29, 0.717) is 18.4 Å².